The number of hydrogen-bond acceptors (Lipinski definition) is 6. The van der Waals surface area contributed by atoms with E-state index in [0.29, 0.717) is 6.61 Å². The molecule has 1 aromatic rings. The number of nitrogens with zero attached hydrogens (tertiary/aromatic N) is 3. The fraction of sp³-hybridized carbons (Fsp3) is 0.667. The van der Waals surface area contributed by atoms with Crippen molar-refractivity contribution in [2.24, 2.45) is 5.92 Å². The highest BCUT2D eigenvalue weighted by Gasteiger charge is 2.27. The second kappa shape index (κ2) is 5.81. The second-order valence-electron chi connectivity index (χ2n) is 5.71. The fourth-order valence-electron chi connectivity index (χ4n) is 1.33. The van der Waals surface area contributed by atoms with Crippen molar-refractivity contribution in [1.29, 1.82) is 0 Å². The van der Waals surface area contributed by atoms with Crippen molar-refractivity contribution in [2.75, 3.05) is 11.9 Å². The van der Waals surface area contributed by atoms with E-state index in [4.69, 9.17) is 4.74 Å². The van der Waals surface area contributed by atoms with Gasteiger partial charge in [0.1, 0.15) is 6.33 Å². The Bertz CT molecular complexity index is 455. The number of aromatic nitrogens is 2. The van der Waals surface area contributed by atoms with Crippen LogP contribution in [0.1, 0.15) is 34.6 Å². The number of rotatable bonds is 5. The molecule has 1 aromatic heterocycles. The van der Waals surface area contributed by atoms with Crippen LogP contribution in [0.25, 0.3) is 0 Å². The van der Waals surface area contributed by atoms with Crippen LogP contribution in [-0.4, -0.2) is 27.0 Å². The number of anilines is 1. The Hall–Kier alpha value is -1.92. The van der Waals surface area contributed by atoms with E-state index in [2.05, 4.69) is 15.3 Å². The average molecular weight is 268 g/mol. The topological polar surface area (TPSA) is 90.2 Å². The van der Waals surface area contributed by atoms with Crippen LogP contribution < -0.4 is 10.1 Å². The predicted molar refractivity (Wildman–Crippen MR) is 72.4 cm³/mol. The second-order valence-corrected chi connectivity index (χ2v) is 5.71. The molecule has 1 N–H and O–H groups in total. The number of nitro groups is 1. The average Bonchev–Trinajstić information content (AvgIpc) is 2.23. The van der Waals surface area contributed by atoms with Crippen LogP contribution in [0.5, 0.6) is 5.88 Å². The molecule has 0 aromatic carbocycles. The Morgan fingerprint density at radius 2 is 2.05 bits per heavy atom. The van der Waals surface area contributed by atoms with Gasteiger partial charge in [0, 0.05) is 5.54 Å². The van der Waals surface area contributed by atoms with Crippen LogP contribution in [0.3, 0.4) is 0 Å². The Morgan fingerprint density at radius 3 is 2.53 bits per heavy atom. The van der Waals surface area contributed by atoms with Crippen molar-refractivity contribution < 1.29 is 9.66 Å². The van der Waals surface area contributed by atoms with E-state index in [0.717, 1.165) is 0 Å². The molecule has 0 aliphatic heterocycles. The molecule has 0 spiro atoms. The minimum atomic E-state index is -0.524. The van der Waals surface area contributed by atoms with Crippen LogP contribution in [0.2, 0.25) is 0 Å². The normalized spacial score (nSPS) is 11.5. The summed E-state index contributed by atoms with van der Waals surface area (Å²) in [4.78, 5) is 18.4. The van der Waals surface area contributed by atoms with Crippen molar-refractivity contribution in [3.05, 3.63) is 16.4 Å². The smallest absolute Gasteiger partial charge is 0.372 e. The molecule has 0 amide bonds. The van der Waals surface area contributed by atoms with Crippen LogP contribution in [0, 0.1) is 16.0 Å². The third-order valence-electron chi connectivity index (χ3n) is 2.02. The maximum Gasteiger partial charge on any atom is 0.372 e. The first-order valence-electron chi connectivity index (χ1n) is 6.11. The van der Waals surface area contributed by atoms with Crippen molar-refractivity contribution in [2.45, 2.75) is 40.2 Å². The summed E-state index contributed by atoms with van der Waals surface area (Å²) in [5.74, 6) is 0.431. The van der Waals surface area contributed by atoms with Crippen LogP contribution in [0.4, 0.5) is 11.5 Å². The molecule has 0 aliphatic rings. The number of nitrogens with one attached hydrogen (secondary N) is 1. The monoisotopic (exact) mass is 268 g/mol. The van der Waals surface area contributed by atoms with Crippen LogP contribution >= 0.6 is 0 Å². The number of ether oxygens (including phenoxy) is 1. The van der Waals surface area contributed by atoms with Gasteiger partial charge in [-0.2, -0.15) is 4.98 Å². The first-order valence-corrected chi connectivity index (χ1v) is 6.11. The summed E-state index contributed by atoms with van der Waals surface area (Å²) in [6.07, 6.45) is 1.26. The molecule has 0 saturated carbocycles. The first-order chi connectivity index (χ1) is 8.70. The van der Waals surface area contributed by atoms with Gasteiger partial charge in [0.15, 0.2) is 0 Å². The quantitative estimate of drug-likeness (QED) is 0.652. The van der Waals surface area contributed by atoms with E-state index in [-0.39, 0.29) is 28.8 Å². The Labute approximate surface area is 112 Å². The largest absolute Gasteiger partial charge is 0.472 e. The van der Waals surface area contributed by atoms with Gasteiger partial charge in [0.05, 0.1) is 11.5 Å². The lowest BCUT2D eigenvalue weighted by Gasteiger charge is -2.21. The van der Waals surface area contributed by atoms with Crippen molar-refractivity contribution in [3.8, 4) is 5.88 Å². The van der Waals surface area contributed by atoms with E-state index < -0.39 is 4.92 Å². The molecule has 0 unspecified atom stereocenters. The van der Waals surface area contributed by atoms with Crippen LogP contribution in [-0.2, 0) is 0 Å². The van der Waals surface area contributed by atoms with E-state index >= 15 is 0 Å². The molecule has 0 aliphatic carbocycles. The minimum Gasteiger partial charge on any atom is -0.472 e. The summed E-state index contributed by atoms with van der Waals surface area (Å²) in [5.41, 5.74) is -0.563. The summed E-state index contributed by atoms with van der Waals surface area (Å²) in [7, 11) is 0. The maximum atomic E-state index is 11.2. The van der Waals surface area contributed by atoms with Crippen molar-refractivity contribution >= 4 is 11.5 Å². The molecule has 1 rings (SSSR count). The summed E-state index contributed by atoms with van der Waals surface area (Å²) >= 11 is 0. The van der Waals surface area contributed by atoms with Gasteiger partial charge in [-0.15, -0.1) is 0 Å². The van der Waals surface area contributed by atoms with Gasteiger partial charge >= 0.3 is 5.69 Å². The zero-order valence-corrected chi connectivity index (χ0v) is 11.9. The molecule has 0 fully saturated rings. The Balaban J connectivity index is 3.11. The van der Waals surface area contributed by atoms with Crippen LogP contribution in [0.15, 0.2) is 6.33 Å². The third kappa shape index (κ3) is 4.69. The zero-order chi connectivity index (χ0) is 14.6. The SMILES string of the molecule is CC(C)COc1ncnc(NC(C)(C)C)c1[N+](=O)[O-]. The zero-order valence-electron chi connectivity index (χ0n) is 11.9. The molecule has 0 atom stereocenters. The van der Waals surface area contributed by atoms with Gasteiger partial charge in [-0.3, -0.25) is 10.1 Å². The van der Waals surface area contributed by atoms with Gasteiger partial charge in [0.2, 0.25) is 5.82 Å². The molecular weight excluding hydrogens is 248 g/mol. The van der Waals surface area contributed by atoms with Gasteiger partial charge < -0.3 is 10.1 Å². The third-order valence-corrected chi connectivity index (χ3v) is 2.02. The summed E-state index contributed by atoms with van der Waals surface area (Å²) < 4.78 is 5.38. The number of hydrogen-bond donors (Lipinski definition) is 1. The molecule has 7 nitrogen and oxygen atoms in total. The minimum absolute atomic E-state index is 0.000417. The highest BCUT2D eigenvalue weighted by atomic mass is 16.6. The lowest BCUT2D eigenvalue weighted by Crippen LogP contribution is -2.27. The summed E-state index contributed by atoms with van der Waals surface area (Å²) in [6, 6.07) is 0. The van der Waals surface area contributed by atoms with Gasteiger partial charge in [-0.25, -0.2) is 4.98 Å². The molecule has 19 heavy (non-hydrogen) atoms. The van der Waals surface area contributed by atoms with E-state index in [9.17, 15) is 10.1 Å². The highest BCUT2D eigenvalue weighted by Crippen LogP contribution is 2.32. The predicted octanol–water partition coefficient (Wildman–Crippen LogP) is 2.63. The maximum absolute atomic E-state index is 11.2. The molecule has 0 saturated heterocycles. The summed E-state index contributed by atoms with van der Waals surface area (Å²) in [5, 5.41) is 14.2. The molecule has 7 heteroatoms. The van der Waals surface area contributed by atoms with E-state index in [1.807, 2.05) is 34.6 Å². The fourth-order valence-corrected chi connectivity index (χ4v) is 1.33. The Morgan fingerprint density at radius 1 is 1.42 bits per heavy atom. The Kier molecular flexibility index (Phi) is 4.63. The lowest BCUT2D eigenvalue weighted by atomic mass is 10.1. The van der Waals surface area contributed by atoms with E-state index in [1.165, 1.54) is 6.33 Å². The standard InChI is InChI=1S/C12H20N4O3/c1-8(2)6-19-11-9(16(17)18)10(13-7-14-11)15-12(3,4)5/h7-8H,6H2,1-5H3,(H,13,14,15). The van der Waals surface area contributed by atoms with Gasteiger partial charge in [-0.05, 0) is 26.7 Å². The molecule has 0 bridgehead atoms. The first kappa shape index (κ1) is 15.1. The van der Waals surface area contributed by atoms with Crippen molar-refractivity contribution in [1.82, 2.24) is 9.97 Å². The van der Waals surface area contributed by atoms with Gasteiger partial charge in [0.25, 0.3) is 5.88 Å². The molecule has 106 valence electrons. The summed E-state index contributed by atoms with van der Waals surface area (Å²) in [6.45, 7) is 9.98. The molecule has 1 heterocycles. The van der Waals surface area contributed by atoms with Crippen molar-refractivity contribution in [3.63, 3.8) is 0 Å². The van der Waals surface area contributed by atoms with E-state index in [1.54, 1.807) is 0 Å². The van der Waals surface area contributed by atoms with Gasteiger partial charge in [-0.1, -0.05) is 13.8 Å². The molecular formula is C12H20N4O3. The molecule has 0 radical (unpaired) electrons. The highest BCUT2D eigenvalue weighted by molar-refractivity contribution is 5.61. The lowest BCUT2D eigenvalue weighted by molar-refractivity contribution is -0.385.